The average molecular weight is 167 g/mol. The lowest BCUT2D eigenvalue weighted by Gasteiger charge is -2.28. The van der Waals surface area contributed by atoms with Gasteiger partial charge in [-0.25, -0.2) is 8.78 Å². The lowest BCUT2D eigenvalue weighted by Crippen LogP contribution is -2.48. The van der Waals surface area contributed by atoms with E-state index in [2.05, 4.69) is 5.32 Å². The van der Waals surface area contributed by atoms with Crippen molar-refractivity contribution in [2.45, 2.75) is 18.6 Å². The fourth-order valence-electron chi connectivity index (χ4n) is 0.986. The Morgan fingerprint density at radius 3 is 2.82 bits per heavy atom. The first-order valence-electron chi connectivity index (χ1n) is 3.49. The van der Waals surface area contributed by atoms with Gasteiger partial charge in [0.2, 0.25) is 0 Å². The van der Waals surface area contributed by atoms with E-state index in [1.807, 2.05) is 0 Å². The molecule has 1 saturated heterocycles. The Kier molecular flexibility index (Phi) is 3.16. The highest BCUT2D eigenvalue weighted by Crippen LogP contribution is 2.10. The zero-order valence-electron chi connectivity index (χ0n) is 5.96. The van der Waals surface area contributed by atoms with Gasteiger partial charge in [0.15, 0.2) is 0 Å². The Labute approximate surface area is 63.3 Å². The van der Waals surface area contributed by atoms with Crippen LogP contribution >= 0.6 is 0 Å². The first kappa shape index (κ1) is 8.83. The van der Waals surface area contributed by atoms with Crippen molar-refractivity contribution in [1.29, 1.82) is 0 Å². The Bertz CT molecular complexity index is 123. The number of alkyl halides is 2. The lowest BCUT2D eigenvalue weighted by atomic mass is 10.2. The van der Waals surface area contributed by atoms with Crippen LogP contribution < -0.4 is 5.32 Å². The summed E-state index contributed by atoms with van der Waals surface area (Å²) in [7, 11) is 0. The van der Waals surface area contributed by atoms with Gasteiger partial charge in [0.25, 0.3) is 6.43 Å². The summed E-state index contributed by atoms with van der Waals surface area (Å²) in [4.78, 5) is 0. The van der Waals surface area contributed by atoms with Crippen LogP contribution in [0.2, 0.25) is 0 Å². The molecule has 11 heavy (non-hydrogen) atoms. The van der Waals surface area contributed by atoms with Gasteiger partial charge < -0.3 is 15.2 Å². The van der Waals surface area contributed by atoms with Gasteiger partial charge in [-0.3, -0.25) is 0 Å². The third kappa shape index (κ3) is 2.36. The molecule has 0 spiro atoms. The van der Waals surface area contributed by atoms with Gasteiger partial charge in [-0.15, -0.1) is 0 Å². The molecule has 0 aromatic carbocycles. The molecule has 1 fully saturated rings. The molecule has 1 aliphatic heterocycles. The third-order valence-corrected chi connectivity index (χ3v) is 1.57. The molecule has 5 heteroatoms. The molecule has 0 unspecified atom stereocenters. The number of morpholine rings is 1. The van der Waals surface area contributed by atoms with Crippen LogP contribution in [0, 0.1) is 0 Å². The maximum absolute atomic E-state index is 12.0. The van der Waals surface area contributed by atoms with E-state index in [1.54, 1.807) is 0 Å². The maximum atomic E-state index is 12.0. The Morgan fingerprint density at radius 1 is 1.55 bits per heavy atom. The quantitative estimate of drug-likeness (QED) is 0.588. The van der Waals surface area contributed by atoms with Crippen LogP contribution in [0.15, 0.2) is 0 Å². The van der Waals surface area contributed by atoms with E-state index in [0.29, 0.717) is 6.54 Å². The Balaban J connectivity index is 2.33. The molecule has 0 aromatic heterocycles. The van der Waals surface area contributed by atoms with Crippen LogP contribution in [0.1, 0.15) is 0 Å². The highest BCUT2D eigenvalue weighted by Gasteiger charge is 2.28. The van der Waals surface area contributed by atoms with Gasteiger partial charge in [0, 0.05) is 13.1 Å². The monoisotopic (exact) mass is 167 g/mol. The maximum Gasteiger partial charge on any atom is 0.265 e. The average Bonchev–Trinajstić information content (AvgIpc) is 2.05. The van der Waals surface area contributed by atoms with Gasteiger partial charge in [-0.05, 0) is 0 Å². The second kappa shape index (κ2) is 3.94. The van der Waals surface area contributed by atoms with Gasteiger partial charge >= 0.3 is 0 Å². The zero-order valence-corrected chi connectivity index (χ0v) is 5.96. The Morgan fingerprint density at radius 2 is 2.27 bits per heavy atom. The van der Waals surface area contributed by atoms with E-state index in [0.717, 1.165) is 0 Å². The minimum Gasteiger partial charge on any atom is -0.394 e. The van der Waals surface area contributed by atoms with Crippen LogP contribution in [0.4, 0.5) is 8.78 Å². The predicted octanol–water partition coefficient (Wildman–Crippen LogP) is -0.399. The fraction of sp³-hybridized carbons (Fsp3) is 1.00. The largest absolute Gasteiger partial charge is 0.394 e. The number of rotatable bonds is 2. The number of aliphatic hydroxyl groups excluding tert-OH is 1. The SMILES string of the molecule is OC[C@@H]1CNC[C@H](C(F)F)O1. The first-order chi connectivity index (χ1) is 5.24. The van der Waals surface area contributed by atoms with Crippen molar-refractivity contribution >= 4 is 0 Å². The van der Waals surface area contributed by atoms with E-state index < -0.39 is 18.6 Å². The highest BCUT2D eigenvalue weighted by atomic mass is 19.3. The summed E-state index contributed by atoms with van der Waals surface area (Å²) in [6.07, 6.45) is -4.03. The van der Waals surface area contributed by atoms with Crippen molar-refractivity contribution in [2.75, 3.05) is 19.7 Å². The smallest absolute Gasteiger partial charge is 0.265 e. The highest BCUT2D eigenvalue weighted by molar-refractivity contribution is 4.75. The van der Waals surface area contributed by atoms with E-state index in [9.17, 15) is 8.78 Å². The number of hydrogen-bond acceptors (Lipinski definition) is 3. The molecule has 66 valence electrons. The summed E-state index contributed by atoms with van der Waals surface area (Å²) in [5.41, 5.74) is 0. The summed E-state index contributed by atoms with van der Waals surface area (Å²) in [5, 5.41) is 11.3. The molecular formula is C6H11F2NO2. The topological polar surface area (TPSA) is 41.5 Å². The second-order valence-electron chi connectivity index (χ2n) is 2.47. The van der Waals surface area contributed by atoms with E-state index in [-0.39, 0.29) is 13.2 Å². The van der Waals surface area contributed by atoms with Crippen LogP contribution in [-0.2, 0) is 4.74 Å². The zero-order chi connectivity index (χ0) is 8.27. The van der Waals surface area contributed by atoms with Crippen molar-refractivity contribution in [1.82, 2.24) is 5.32 Å². The molecule has 2 N–H and O–H groups in total. The third-order valence-electron chi connectivity index (χ3n) is 1.57. The first-order valence-corrected chi connectivity index (χ1v) is 3.49. The summed E-state index contributed by atoms with van der Waals surface area (Å²) < 4.78 is 28.8. The van der Waals surface area contributed by atoms with Crippen molar-refractivity contribution < 1.29 is 18.6 Å². The number of nitrogens with one attached hydrogen (secondary N) is 1. The summed E-state index contributed by atoms with van der Waals surface area (Å²) in [6, 6.07) is 0. The predicted molar refractivity (Wildman–Crippen MR) is 34.6 cm³/mol. The van der Waals surface area contributed by atoms with E-state index in [1.165, 1.54) is 0 Å². The molecular weight excluding hydrogens is 156 g/mol. The summed E-state index contributed by atoms with van der Waals surface area (Å²) in [6.45, 7) is 0.393. The number of hydrogen-bond donors (Lipinski definition) is 2. The summed E-state index contributed by atoms with van der Waals surface area (Å²) >= 11 is 0. The van der Waals surface area contributed by atoms with Crippen LogP contribution in [0.3, 0.4) is 0 Å². The summed E-state index contributed by atoms with van der Waals surface area (Å²) in [5.74, 6) is 0. The standard InChI is InChI=1S/C6H11F2NO2/c7-6(8)5-2-9-1-4(3-10)11-5/h4-6,9-10H,1-3H2/t4-,5+/m0/s1. The molecule has 0 aromatic rings. The molecule has 0 radical (unpaired) electrons. The minimum absolute atomic E-state index is 0.161. The molecule has 1 aliphatic rings. The number of halogens is 2. The normalized spacial score (nSPS) is 32.7. The van der Waals surface area contributed by atoms with Crippen molar-refractivity contribution in [3.8, 4) is 0 Å². The molecule has 0 bridgehead atoms. The van der Waals surface area contributed by atoms with Crippen LogP contribution in [0.25, 0.3) is 0 Å². The van der Waals surface area contributed by atoms with Crippen molar-refractivity contribution in [3.63, 3.8) is 0 Å². The molecule has 0 saturated carbocycles. The molecule has 2 atom stereocenters. The molecule has 0 amide bonds. The molecule has 1 heterocycles. The Hall–Kier alpha value is -0.260. The lowest BCUT2D eigenvalue weighted by molar-refractivity contribution is -0.120. The van der Waals surface area contributed by atoms with Gasteiger partial charge in [0.1, 0.15) is 6.10 Å². The van der Waals surface area contributed by atoms with Crippen molar-refractivity contribution in [3.05, 3.63) is 0 Å². The van der Waals surface area contributed by atoms with E-state index >= 15 is 0 Å². The molecule has 1 rings (SSSR count). The second-order valence-corrected chi connectivity index (χ2v) is 2.47. The fourth-order valence-corrected chi connectivity index (χ4v) is 0.986. The minimum atomic E-state index is -2.48. The van der Waals surface area contributed by atoms with Crippen LogP contribution in [0.5, 0.6) is 0 Å². The molecule has 3 nitrogen and oxygen atoms in total. The number of ether oxygens (including phenoxy) is 1. The van der Waals surface area contributed by atoms with Gasteiger partial charge in [0.05, 0.1) is 12.7 Å². The van der Waals surface area contributed by atoms with Gasteiger partial charge in [-0.2, -0.15) is 0 Å². The van der Waals surface area contributed by atoms with Crippen LogP contribution in [-0.4, -0.2) is 43.4 Å². The van der Waals surface area contributed by atoms with Crippen molar-refractivity contribution in [2.24, 2.45) is 0 Å². The van der Waals surface area contributed by atoms with E-state index in [4.69, 9.17) is 9.84 Å². The van der Waals surface area contributed by atoms with Gasteiger partial charge in [-0.1, -0.05) is 0 Å². The molecule has 0 aliphatic carbocycles. The number of aliphatic hydroxyl groups is 1.